The van der Waals surface area contributed by atoms with Gasteiger partial charge in [-0.2, -0.15) is 0 Å². The summed E-state index contributed by atoms with van der Waals surface area (Å²) >= 11 is 0. The minimum Gasteiger partial charge on any atom is -0.468 e. The first-order valence-electron chi connectivity index (χ1n) is 6.33. The fraction of sp³-hybridized carbons (Fsp3) is 0.267. The fourth-order valence-electron chi connectivity index (χ4n) is 1.82. The molecule has 0 aliphatic heterocycles. The van der Waals surface area contributed by atoms with E-state index in [0.29, 0.717) is 0 Å². The molecule has 100 valence electrons. The van der Waals surface area contributed by atoms with Gasteiger partial charge in [0.1, 0.15) is 5.76 Å². The number of hydrogen-bond donors (Lipinski definition) is 2. The molecule has 0 bridgehead atoms. The highest BCUT2D eigenvalue weighted by Crippen LogP contribution is 2.09. The summed E-state index contributed by atoms with van der Waals surface area (Å²) in [6, 6.07) is 11.7. The number of carbonyl (C=O) groups excluding carboxylic acids is 1. The third-order valence-electron chi connectivity index (χ3n) is 2.74. The average Bonchev–Trinajstić information content (AvgIpc) is 2.89. The standard InChI is InChI=1S/C15H18N2O2/c1-12(18)17-14-6-4-13(5-7-14)8-9-16-11-15-3-2-10-19-15/h2-7,10,16H,8-9,11H2,1H3,(H,17,18). The Hall–Kier alpha value is -2.07. The van der Waals surface area contributed by atoms with Crippen molar-refractivity contribution in [1.82, 2.24) is 5.32 Å². The maximum Gasteiger partial charge on any atom is 0.221 e. The maximum atomic E-state index is 10.9. The molecule has 4 nitrogen and oxygen atoms in total. The molecule has 0 saturated heterocycles. The van der Waals surface area contributed by atoms with Crippen LogP contribution < -0.4 is 10.6 Å². The SMILES string of the molecule is CC(=O)Nc1ccc(CCNCc2ccco2)cc1. The molecule has 0 saturated carbocycles. The van der Waals surface area contributed by atoms with Gasteiger partial charge >= 0.3 is 0 Å². The van der Waals surface area contributed by atoms with E-state index in [0.717, 1.165) is 31.0 Å². The molecule has 1 amide bonds. The minimum atomic E-state index is -0.0483. The van der Waals surface area contributed by atoms with Gasteiger partial charge < -0.3 is 15.1 Å². The summed E-state index contributed by atoms with van der Waals surface area (Å²) in [5.74, 6) is 0.897. The van der Waals surface area contributed by atoms with Gasteiger partial charge in [-0.05, 0) is 42.8 Å². The molecule has 19 heavy (non-hydrogen) atoms. The lowest BCUT2D eigenvalue weighted by atomic mass is 10.1. The Kier molecular flexibility index (Phi) is 4.75. The monoisotopic (exact) mass is 258 g/mol. The normalized spacial score (nSPS) is 10.4. The molecule has 0 aliphatic carbocycles. The summed E-state index contributed by atoms with van der Waals surface area (Å²) in [5.41, 5.74) is 2.07. The van der Waals surface area contributed by atoms with Gasteiger partial charge in [0.15, 0.2) is 0 Å². The molecule has 2 rings (SSSR count). The van der Waals surface area contributed by atoms with Crippen LogP contribution in [0, 0.1) is 0 Å². The van der Waals surface area contributed by atoms with Crippen LogP contribution in [0.1, 0.15) is 18.2 Å². The summed E-state index contributed by atoms with van der Waals surface area (Å²) in [6.07, 6.45) is 2.62. The van der Waals surface area contributed by atoms with Crippen LogP contribution in [0.2, 0.25) is 0 Å². The number of nitrogens with one attached hydrogen (secondary N) is 2. The largest absolute Gasteiger partial charge is 0.468 e. The molecule has 4 heteroatoms. The summed E-state index contributed by atoms with van der Waals surface area (Å²) in [5, 5.41) is 6.07. The highest BCUT2D eigenvalue weighted by molar-refractivity contribution is 5.88. The van der Waals surface area contributed by atoms with E-state index in [1.54, 1.807) is 6.26 Å². The Bertz CT molecular complexity index is 503. The van der Waals surface area contributed by atoms with Gasteiger partial charge in [-0.15, -0.1) is 0 Å². The Morgan fingerprint density at radius 1 is 1.21 bits per heavy atom. The lowest BCUT2D eigenvalue weighted by molar-refractivity contribution is -0.114. The lowest BCUT2D eigenvalue weighted by Crippen LogP contribution is -2.16. The van der Waals surface area contributed by atoms with Crippen molar-refractivity contribution in [3.05, 3.63) is 54.0 Å². The number of rotatable bonds is 6. The second kappa shape index (κ2) is 6.75. The van der Waals surface area contributed by atoms with Gasteiger partial charge in [0.2, 0.25) is 5.91 Å². The van der Waals surface area contributed by atoms with Crippen molar-refractivity contribution in [1.29, 1.82) is 0 Å². The number of amides is 1. The van der Waals surface area contributed by atoms with Gasteiger partial charge in [0, 0.05) is 12.6 Å². The second-order valence-electron chi connectivity index (χ2n) is 4.38. The number of anilines is 1. The Balaban J connectivity index is 1.72. The van der Waals surface area contributed by atoms with Gasteiger partial charge in [0.05, 0.1) is 12.8 Å². The molecule has 0 unspecified atom stereocenters. The summed E-state index contributed by atoms with van der Waals surface area (Å²) < 4.78 is 5.24. The summed E-state index contributed by atoms with van der Waals surface area (Å²) in [6.45, 7) is 3.14. The average molecular weight is 258 g/mol. The first kappa shape index (κ1) is 13.4. The van der Waals surface area contributed by atoms with E-state index in [9.17, 15) is 4.79 Å². The molecule has 0 atom stereocenters. The van der Waals surface area contributed by atoms with Crippen LogP contribution in [-0.2, 0) is 17.8 Å². The molecule has 0 aliphatic rings. The van der Waals surface area contributed by atoms with Crippen LogP contribution in [0.25, 0.3) is 0 Å². The van der Waals surface area contributed by atoms with Gasteiger partial charge in [-0.3, -0.25) is 4.79 Å². The van der Waals surface area contributed by atoms with Gasteiger partial charge in [0.25, 0.3) is 0 Å². The van der Waals surface area contributed by atoms with Gasteiger partial charge in [-0.25, -0.2) is 0 Å². The van der Waals surface area contributed by atoms with E-state index in [1.165, 1.54) is 12.5 Å². The highest BCUT2D eigenvalue weighted by atomic mass is 16.3. The van der Waals surface area contributed by atoms with Crippen LogP contribution in [0.3, 0.4) is 0 Å². The molecule has 0 radical (unpaired) electrons. The quantitative estimate of drug-likeness (QED) is 0.783. The molecule has 0 spiro atoms. The highest BCUT2D eigenvalue weighted by Gasteiger charge is 1.98. The first-order chi connectivity index (χ1) is 9.24. The van der Waals surface area contributed by atoms with Crippen LogP contribution in [0.15, 0.2) is 47.1 Å². The Morgan fingerprint density at radius 3 is 2.63 bits per heavy atom. The van der Waals surface area contributed by atoms with Crippen molar-refractivity contribution in [3.8, 4) is 0 Å². The van der Waals surface area contributed by atoms with E-state index in [4.69, 9.17) is 4.42 Å². The number of carbonyl (C=O) groups is 1. The molecule has 2 aromatic rings. The zero-order valence-corrected chi connectivity index (χ0v) is 11.0. The lowest BCUT2D eigenvalue weighted by Gasteiger charge is -2.05. The van der Waals surface area contributed by atoms with E-state index < -0.39 is 0 Å². The van der Waals surface area contributed by atoms with Gasteiger partial charge in [-0.1, -0.05) is 12.1 Å². The van der Waals surface area contributed by atoms with Crippen molar-refractivity contribution in [2.24, 2.45) is 0 Å². The smallest absolute Gasteiger partial charge is 0.221 e. The fourth-order valence-corrected chi connectivity index (χ4v) is 1.82. The van der Waals surface area contributed by atoms with E-state index in [-0.39, 0.29) is 5.91 Å². The van der Waals surface area contributed by atoms with Crippen molar-refractivity contribution >= 4 is 11.6 Å². The van der Waals surface area contributed by atoms with Crippen LogP contribution >= 0.6 is 0 Å². The minimum absolute atomic E-state index is 0.0483. The predicted octanol–water partition coefficient (Wildman–Crippen LogP) is 2.57. The third kappa shape index (κ3) is 4.60. The topological polar surface area (TPSA) is 54.3 Å². The maximum absolute atomic E-state index is 10.9. The molecular formula is C15H18N2O2. The number of benzene rings is 1. The first-order valence-corrected chi connectivity index (χ1v) is 6.33. The van der Waals surface area contributed by atoms with Crippen molar-refractivity contribution in [2.75, 3.05) is 11.9 Å². The number of hydrogen-bond acceptors (Lipinski definition) is 3. The van der Waals surface area contributed by atoms with Crippen molar-refractivity contribution in [3.63, 3.8) is 0 Å². The summed E-state index contributed by atoms with van der Waals surface area (Å²) in [4.78, 5) is 10.9. The third-order valence-corrected chi connectivity index (χ3v) is 2.74. The van der Waals surface area contributed by atoms with Crippen LogP contribution in [-0.4, -0.2) is 12.5 Å². The second-order valence-corrected chi connectivity index (χ2v) is 4.38. The molecule has 0 fully saturated rings. The van der Waals surface area contributed by atoms with E-state index in [2.05, 4.69) is 10.6 Å². The van der Waals surface area contributed by atoms with E-state index >= 15 is 0 Å². The Labute approximate surface area is 112 Å². The molecule has 2 N–H and O–H groups in total. The molecule has 1 aromatic heterocycles. The predicted molar refractivity (Wildman–Crippen MR) is 74.9 cm³/mol. The Morgan fingerprint density at radius 2 is 2.00 bits per heavy atom. The molecule has 1 aromatic carbocycles. The zero-order valence-electron chi connectivity index (χ0n) is 11.0. The van der Waals surface area contributed by atoms with Crippen molar-refractivity contribution in [2.45, 2.75) is 19.9 Å². The van der Waals surface area contributed by atoms with Crippen LogP contribution in [0.5, 0.6) is 0 Å². The zero-order chi connectivity index (χ0) is 13.5. The van der Waals surface area contributed by atoms with Crippen molar-refractivity contribution < 1.29 is 9.21 Å². The molecular weight excluding hydrogens is 240 g/mol. The summed E-state index contributed by atoms with van der Waals surface area (Å²) in [7, 11) is 0. The van der Waals surface area contributed by atoms with E-state index in [1.807, 2.05) is 36.4 Å². The molecule has 1 heterocycles. The van der Waals surface area contributed by atoms with Crippen LogP contribution in [0.4, 0.5) is 5.69 Å². The number of furan rings is 1.